The van der Waals surface area contributed by atoms with Crippen LogP contribution in [0.5, 0.6) is 0 Å². The van der Waals surface area contributed by atoms with Crippen molar-refractivity contribution in [2.45, 2.75) is 44.4 Å². The number of nitrogens with one attached hydrogen (secondary N) is 1. The lowest BCUT2D eigenvalue weighted by molar-refractivity contribution is -0.134. The SMILES string of the molecule is FC(F)(F)CCc1cnc(CNC2CC2)o1. The first-order valence-corrected chi connectivity index (χ1v) is 5.27. The van der Waals surface area contributed by atoms with Crippen molar-refractivity contribution in [3.63, 3.8) is 0 Å². The molecule has 16 heavy (non-hydrogen) atoms. The summed E-state index contributed by atoms with van der Waals surface area (Å²) >= 11 is 0. The van der Waals surface area contributed by atoms with E-state index in [-0.39, 0.29) is 6.42 Å². The maximum atomic E-state index is 11.9. The highest BCUT2D eigenvalue weighted by atomic mass is 19.4. The zero-order valence-electron chi connectivity index (χ0n) is 8.68. The molecular weight excluding hydrogens is 221 g/mol. The molecule has 0 bridgehead atoms. The molecule has 1 heterocycles. The molecule has 2 rings (SSSR count). The Morgan fingerprint density at radius 3 is 2.81 bits per heavy atom. The van der Waals surface area contributed by atoms with Gasteiger partial charge in [0.15, 0.2) is 0 Å². The number of hydrogen-bond donors (Lipinski definition) is 1. The largest absolute Gasteiger partial charge is 0.444 e. The van der Waals surface area contributed by atoms with Crippen LogP contribution in [0.3, 0.4) is 0 Å². The van der Waals surface area contributed by atoms with Crippen molar-refractivity contribution in [1.82, 2.24) is 10.3 Å². The molecule has 1 aromatic heterocycles. The number of aromatic nitrogens is 1. The van der Waals surface area contributed by atoms with Crippen LogP contribution in [0.25, 0.3) is 0 Å². The van der Waals surface area contributed by atoms with E-state index in [0.29, 0.717) is 24.2 Å². The average Bonchev–Trinajstić information content (AvgIpc) is 2.91. The van der Waals surface area contributed by atoms with Crippen LogP contribution in [0.2, 0.25) is 0 Å². The molecule has 0 spiro atoms. The number of nitrogens with zero attached hydrogens (tertiary/aromatic N) is 1. The second-order valence-corrected chi connectivity index (χ2v) is 3.99. The molecule has 6 heteroatoms. The predicted molar refractivity (Wildman–Crippen MR) is 50.7 cm³/mol. The maximum absolute atomic E-state index is 11.9. The van der Waals surface area contributed by atoms with Crippen LogP contribution in [0.4, 0.5) is 13.2 Å². The summed E-state index contributed by atoms with van der Waals surface area (Å²) in [6.07, 6.45) is -1.46. The van der Waals surface area contributed by atoms with Crippen LogP contribution in [-0.4, -0.2) is 17.2 Å². The zero-order chi connectivity index (χ0) is 11.6. The molecule has 1 aromatic rings. The van der Waals surface area contributed by atoms with Gasteiger partial charge in [-0.25, -0.2) is 4.98 Å². The molecule has 0 atom stereocenters. The molecule has 1 N–H and O–H groups in total. The van der Waals surface area contributed by atoms with Gasteiger partial charge in [0.2, 0.25) is 5.89 Å². The van der Waals surface area contributed by atoms with E-state index in [1.165, 1.54) is 6.20 Å². The second kappa shape index (κ2) is 4.45. The highest BCUT2D eigenvalue weighted by Gasteiger charge is 2.27. The van der Waals surface area contributed by atoms with Gasteiger partial charge in [-0.05, 0) is 12.8 Å². The molecule has 0 aromatic carbocycles. The first kappa shape index (κ1) is 11.4. The molecular formula is C10H13F3N2O. The molecule has 90 valence electrons. The fourth-order valence-corrected chi connectivity index (χ4v) is 1.33. The summed E-state index contributed by atoms with van der Waals surface area (Å²) in [5.74, 6) is 0.758. The average molecular weight is 234 g/mol. The molecule has 1 aliphatic rings. The van der Waals surface area contributed by atoms with E-state index in [2.05, 4.69) is 10.3 Å². The third-order valence-corrected chi connectivity index (χ3v) is 2.38. The highest BCUT2D eigenvalue weighted by Crippen LogP contribution is 2.22. The second-order valence-electron chi connectivity index (χ2n) is 3.99. The van der Waals surface area contributed by atoms with E-state index in [4.69, 9.17) is 4.42 Å². The van der Waals surface area contributed by atoms with E-state index in [0.717, 1.165) is 12.8 Å². The first-order valence-electron chi connectivity index (χ1n) is 5.27. The van der Waals surface area contributed by atoms with Crippen molar-refractivity contribution < 1.29 is 17.6 Å². The van der Waals surface area contributed by atoms with Crippen molar-refractivity contribution >= 4 is 0 Å². The van der Waals surface area contributed by atoms with E-state index in [1.807, 2.05) is 0 Å². The minimum absolute atomic E-state index is 0.139. The topological polar surface area (TPSA) is 38.1 Å². The summed E-state index contributed by atoms with van der Waals surface area (Å²) in [5.41, 5.74) is 0. The predicted octanol–water partition coefficient (Wildman–Crippen LogP) is 2.42. The van der Waals surface area contributed by atoms with E-state index >= 15 is 0 Å². The van der Waals surface area contributed by atoms with Gasteiger partial charge in [0.05, 0.1) is 19.2 Å². The Balaban J connectivity index is 1.77. The lowest BCUT2D eigenvalue weighted by Gasteiger charge is -2.03. The van der Waals surface area contributed by atoms with E-state index < -0.39 is 12.6 Å². The van der Waals surface area contributed by atoms with Crippen LogP contribution >= 0.6 is 0 Å². The monoisotopic (exact) mass is 234 g/mol. The number of aryl methyl sites for hydroxylation is 1. The normalized spacial score (nSPS) is 16.7. The summed E-state index contributed by atoms with van der Waals surface area (Å²) in [5, 5.41) is 3.18. The van der Waals surface area contributed by atoms with Gasteiger partial charge >= 0.3 is 6.18 Å². The Bertz CT molecular complexity index is 344. The Kier molecular flexibility index (Phi) is 3.18. The Labute approximate surface area is 91.0 Å². The third-order valence-electron chi connectivity index (χ3n) is 2.38. The van der Waals surface area contributed by atoms with Gasteiger partial charge in [0, 0.05) is 12.5 Å². The summed E-state index contributed by atoms with van der Waals surface area (Å²) in [6, 6.07) is 0.533. The molecule has 0 amide bonds. The maximum Gasteiger partial charge on any atom is 0.389 e. The number of alkyl halides is 3. The molecule has 1 saturated carbocycles. The molecule has 1 fully saturated rings. The Morgan fingerprint density at radius 2 is 2.19 bits per heavy atom. The lowest BCUT2D eigenvalue weighted by atomic mass is 10.2. The van der Waals surface area contributed by atoms with Crippen molar-refractivity contribution in [3.05, 3.63) is 17.8 Å². The van der Waals surface area contributed by atoms with E-state index in [9.17, 15) is 13.2 Å². The van der Waals surface area contributed by atoms with Gasteiger partial charge in [-0.1, -0.05) is 0 Å². The van der Waals surface area contributed by atoms with Crippen LogP contribution in [0.15, 0.2) is 10.6 Å². The standard InChI is InChI=1S/C10H13F3N2O/c11-10(12,13)4-3-8-5-15-9(16-8)6-14-7-1-2-7/h5,7,14H,1-4,6H2. The van der Waals surface area contributed by atoms with Crippen LogP contribution in [-0.2, 0) is 13.0 Å². The van der Waals surface area contributed by atoms with Gasteiger partial charge in [0.1, 0.15) is 5.76 Å². The van der Waals surface area contributed by atoms with Crippen molar-refractivity contribution in [2.24, 2.45) is 0 Å². The quantitative estimate of drug-likeness (QED) is 0.850. The number of hydrogen-bond acceptors (Lipinski definition) is 3. The fourth-order valence-electron chi connectivity index (χ4n) is 1.33. The summed E-state index contributed by atoms with van der Waals surface area (Å²) in [6.45, 7) is 0.497. The van der Waals surface area contributed by atoms with Gasteiger partial charge < -0.3 is 9.73 Å². The highest BCUT2D eigenvalue weighted by molar-refractivity contribution is 4.95. The van der Waals surface area contributed by atoms with Crippen molar-refractivity contribution in [1.29, 1.82) is 0 Å². The Hall–Kier alpha value is -1.04. The number of rotatable bonds is 5. The van der Waals surface area contributed by atoms with Gasteiger partial charge in [-0.3, -0.25) is 0 Å². The number of halogens is 3. The van der Waals surface area contributed by atoms with Crippen LogP contribution < -0.4 is 5.32 Å². The van der Waals surface area contributed by atoms with Crippen molar-refractivity contribution in [3.8, 4) is 0 Å². The summed E-state index contributed by atoms with van der Waals surface area (Å²) in [4.78, 5) is 3.92. The molecule has 0 radical (unpaired) electrons. The molecule has 3 nitrogen and oxygen atoms in total. The zero-order valence-corrected chi connectivity index (χ0v) is 8.68. The smallest absolute Gasteiger partial charge is 0.389 e. The Morgan fingerprint density at radius 1 is 1.44 bits per heavy atom. The van der Waals surface area contributed by atoms with Crippen molar-refractivity contribution in [2.75, 3.05) is 0 Å². The molecule has 0 saturated heterocycles. The minimum Gasteiger partial charge on any atom is -0.444 e. The van der Waals surface area contributed by atoms with Gasteiger partial charge in [0.25, 0.3) is 0 Å². The van der Waals surface area contributed by atoms with Gasteiger partial charge in [-0.15, -0.1) is 0 Å². The molecule has 0 aliphatic heterocycles. The summed E-state index contributed by atoms with van der Waals surface area (Å²) in [7, 11) is 0. The van der Waals surface area contributed by atoms with Gasteiger partial charge in [-0.2, -0.15) is 13.2 Å². The van der Waals surface area contributed by atoms with Crippen LogP contribution in [0.1, 0.15) is 30.9 Å². The minimum atomic E-state index is -4.14. The fraction of sp³-hybridized carbons (Fsp3) is 0.700. The molecule has 1 aliphatic carbocycles. The first-order chi connectivity index (χ1) is 7.53. The summed E-state index contributed by atoms with van der Waals surface area (Å²) < 4.78 is 41.0. The van der Waals surface area contributed by atoms with E-state index in [1.54, 1.807) is 0 Å². The lowest BCUT2D eigenvalue weighted by Crippen LogP contribution is -2.15. The third kappa shape index (κ3) is 3.84. The van der Waals surface area contributed by atoms with Crippen LogP contribution in [0, 0.1) is 0 Å². The number of oxazole rings is 1. The molecule has 0 unspecified atom stereocenters.